The number of benzene rings is 2. The van der Waals surface area contributed by atoms with Crippen molar-refractivity contribution in [2.75, 3.05) is 26.0 Å². The highest BCUT2D eigenvalue weighted by Gasteiger charge is 2.20. The molecule has 2 amide bonds. The van der Waals surface area contributed by atoms with E-state index in [0.717, 1.165) is 11.6 Å². The molecule has 0 saturated carbocycles. The summed E-state index contributed by atoms with van der Waals surface area (Å²) in [5.74, 6) is -0.910. The van der Waals surface area contributed by atoms with Gasteiger partial charge in [0.25, 0.3) is 17.5 Å². The zero-order chi connectivity index (χ0) is 23.3. The Kier molecular flexibility index (Phi) is 7.57. The first kappa shape index (κ1) is 23.4. The molecule has 3 aromatic rings. The van der Waals surface area contributed by atoms with E-state index in [1.54, 1.807) is 35.6 Å². The van der Waals surface area contributed by atoms with Gasteiger partial charge >= 0.3 is 0 Å². The van der Waals surface area contributed by atoms with Gasteiger partial charge in [0.05, 0.1) is 32.8 Å². The van der Waals surface area contributed by atoms with Gasteiger partial charge in [-0.2, -0.15) is 11.3 Å². The highest BCUT2D eigenvalue weighted by Crippen LogP contribution is 2.25. The average Bonchev–Trinajstić information content (AvgIpc) is 3.28. The number of hydrogen-bond donors (Lipinski definition) is 2. The zero-order valence-electron chi connectivity index (χ0n) is 17.4. The van der Waals surface area contributed by atoms with Crippen LogP contribution in [0.2, 0.25) is 5.02 Å². The minimum absolute atomic E-state index is 0.00543. The standard InChI is InChI=1S/C22H21ClN4O4S/c1-26(2)20(14-9-10-32-13-14)12-24-21(28)17-5-3-4-6-19(17)25-22(29)16-8-7-15(27(30)31)11-18(16)23/h3-11,13,20H,12H2,1-2H3,(H,24,28)(H,25,29). The molecular formula is C22H21ClN4O4S. The van der Waals surface area contributed by atoms with Crippen LogP contribution in [0.3, 0.4) is 0 Å². The first-order chi connectivity index (χ1) is 15.3. The van der Waals surface area contributed by atoms with Gasteiger partial charge in [0.15, 0.2) is 0 Å². The van der Waals surface area contributed by atoms with E-state index in [4.69, 9.17) is 11.6 Å². The number of hydrogen-bond acceptors (Lipinski definition) is 6. The van der Waals surface area contributed by atoms with Crippen LogP contribution in [-0.4, -0.2) is 42.3 Å². The smallest absolute Gasteiger partial charge is 0.270 e. The summed E-state index contributed by atoms with van der Waals surface area (Å²) >= 11 is 7.64. The molecule has 1 heterocycles. The van der Waals surface area contributed by atoms with Crippen molar-refractivity contribution in [3.63, 3.8) is 0 Å². The minimum atomic E-state index is -0.593. The monoisotopic (exact) mass is 472 g/mol. The summed E-state index contributed by atoms with van der Waals surface area (Å²) in [5, 5.41) is 20.4. The fourth-order valence-electron chi connectivity index (χ4n) is 3.13. The van der Waals surface area contributed by atoms with Crippen LogP contribution >= 0.6 is 22.9 Å². The molecule has 0 aliphatic rings. The number of non-ortho nitro benzene ring substituents is 1. The molecule has 166 valence electrons. The predicted octanol–water partition coefficient (Wildman–Crippen LogP) is 4.59. The largest absolute Gasteiger partial charge is 0.350 e. The number of carbonyl (C=O) groups excluding carboxylic acids is 2. The molecule has 8 nitrogen and oxygen atoms in total. The summed E-state index contributed by atoms with van der Waals surface area (Å²) in [4.78, 5) is 37.9. The molecule has 0 aliphatic carbocycles. The number of para-hydroxylation sites is 1. The molecule has 0 aliphatic heterocycles. The maximum absolute atomic E-state index is 12.9. The summed E-state index contributed by atoms with van der Waals surface area (Å²) in [5.41, 5.74) is 1.56. The number of halogens is 1. The molecule has 3 rings (SSSR count). The molecule has 10 heteroatoms. The van der Waals surface area contributed by atoms with Gasteiger partial charge in [-0.3, -0.25) is 19.7 Å². The molecule has 32 heavy (non-hydrogen) atoms. The Morgan fingerprint density at radius 2 is 1.88 bits per heavy atom. The summed E-state index contributed by atoms with van der Waals surface area (Å²) in [6.07, 6.45) is 0. The predicted molar refractivity (Wildman–Crippen MR) is 126 cm³/mol. The van der Waals surface area contributed by atoms with Crippen molar-refractivity contribution in [2.45, 2.75) is 6.04 Å². The van der Waals surface area contributed by atoms with Gasteiger partial charge in [-0.05, 0) is 54.7 Å². The molecule has 1 unspecified atom stereocenters. The second-order valence-electron chi connectivity index (χ2n) is 7.17. The number of amides is 2. The molecule has 0 fully saturated rings. The molecular weight excluding hydrogens is 452 g/mol. The highest BCUT2D eigenvalue weighted by molar-refractivity contribution is 7.08. The van der Waals surface area contributed by atoms with Crippen LogP contribution in [-0.2, 0) is 0 Å². The maximum atomic E-state index is 12.9. The second-order valence-corrected chi connectivity index (χ2v) is 8.35. The Labute approximate surface area is 194 Å². The first-order valence-corrected chi connectivity index (χ1v) is 10.9. The lowest BCUT2D eigenvalue weighted by Crippen LogP contribution is -2.34. The fraction of sp³-hybridized carbons (Fsp3) is 0.182. The molecule has 0 bridgehead atoms. The molecule has 2 N–H and O–H groups in total. The number of nitro benzene ring substituents is 1. The number of anilines is 1. The van der Waals surface area contributed by atoms with Crippen molar-refractivity contribution in [3.05, 3.63) is 91.1 Å². The molecule has 1 atom stereocenters. The normalized spacial score (nSPS) is 11.8. The summed E-state index contributed by atoms with van der Waals surface area (Å²) in [6.45, 7) is 0.388. The molecule has 0 spiro atoms. The van der Waals surface area contributed by atoms with E-state index < -0.39 is 10.8 Å². The van der Waals surface area contributed by atoms with Gasteiger partial charge < -0.3 is 15.5 Å². The first-order valence-electron chi connectivity index (χ1n) is 9.59. The number of nitro groups is 1. The van der Waals surface area contributed by atoms with E-state index in [-0.39, 0.29) is 28.2 Å². The van der Waals surface area contributed by atoms with E-state index in [2.05, 4.69) is 10.6 Å². The summed E-state index contributed by atoms with van der Waals surface area (Å²) < 4.78 is 0. The van der Waals surface area contributed by atoms with E-state index >= 15 is 0 Å². The zero-order valence-corrected chi connectivity index (χ0v) is 18.9. The van der Waals surface area contributed by atoms with E-state index in [0.29, 0.717) is 17.8 Å². The fourth-order valence-corrected chi connectivity index (χ4v) is 4.10. The number of nitrogens with one attached hydrogen (secondary N) is 2. The van der Waals surface area contributed by atoms with E-state index in [1.165, 1.54) is 12.1 Å². The number of likely N-dealkylation sites (N-methyl/N-ethyl adjacent to an activating group) is 1. The third kappa shape index (κ3) is 5.50. The molecule has 0 radical (unpaired) electrons. The highest BCUT2D eigenvalue weighted by atomic mass is 35.5. The van der Waals surface area contributed by atoms with Crippen LogP contribution in [0.5, 0.6) is 0 Å². The van der Waals surface area contributed by atoms with Gasteiger partial charge in [0.2, 0.25) is 0 Å². The number of carbonyl (C=O) groups is 2. The van der Waals surface area contributed by atoms with Crippen LogP contribution in [0.1, 0.15) is 32.3 Å². The molecule has 1 aromatic heterocycles. The number of nitrogens with zero attached hydrogens (tertiary/aromatic N) is 2. The molecule has 2 aromatic carbocycles. The SMILES string of the molecule is CN(C)C(CNC(=O)c1ccccc1NC(=O)c1ccc([N+](=O)[O-])cc1Cl)c1ccsc1. The van der Waals surface area contributed by atoms with E-state index in [9.17, 15) is 19.7 Å². The van der Waals surface area contributed by atoms with Crippen molar-refractivity contribution in [3.8, 4) is 0 Å². The third-order valence-electron chi connectivity index (χ3n) is 4.84. The Bertz CT molecular complexity index is 1130. The number of rotatable bonds is 8. The van der Waals surface area contributed by atoms with Gasteiger partial charge in [-0.1, -0.05) is 23.7 Å². The Morgan fingerprint density at radius 1 is 1.12 bits per heavy atom. The van der Waals surface area contributed by atoms with Gasteiger partial charge in [0.1, 0.15) is 0 Å². The van der Waals surface area contributed by atoms with E-state index in [1.807, 2.05) is 35.8 Å². The topological polar surface area (TPSA) is 105 Å². The van der Waals surface area contributed by atoms with Crippen molar-refractivity contribution < 1.29 is 14.5 Å². The van der Waals surface area contributed by atoms with Crippen LogP contribution in [0.15, 0.2) is 59.3 Å². The third-order valence-corrected chi connectivity index (χ3v) is 5.85. The van der Waals surface area contributed by atoms with Gasteiger partial charge in [-0.25, -0.2) is 0 Å². The summed E-state index contributed by atoms with van der Waals surface area (Å²) in [7, 11) is 3.88. The second kappa shape index (κ2) is 10.4. The van der Waals surface area contributed by atoms with Crippen molar-refractivity contribution in [1.82, 2.24) is 10.2 Å². The number of thiophene rings is 1. The lowest BCUT2D eigenvalue weighted by Gasteiger charge is -2.24. The Balaban J connectivity index is 1.75. The molecule has 0 saturated heterocycles. The average molecular weight is 473 g/mol. The van der Waals surface area contributed by atoms with Crippen molar-refractivity contribution in [2.24, 2.45) is 0 Å². The van der Waals surface area contributed by atoms with Crippen molar-refractivity contribution in [1.29, 1.82) is 0 Å². The lowest BCUT2D eigenvalue weighted by molar-refractivity contribution is -0.384. The van der Waals surface area contributed by atoms with Gasteiger partial charge in [0, 0.05) is 18.7 Å². The minimum Gasteiger partial charge on any atom is -0.350 e. The van der Waals surface area contributed by atoms with Crippen LogP contribution in [0, 0.1) is 10.1 Å². The Morgan fingerprint density at radius 3 is 2.50 bits per heavy atom. The quantitative estimate of drug-likeness (QED) is 0.368. The van der Waals surface area contributed by atoms with Crippen molar-refractivity contribution >= 4 is 46.1 Å². The maximum Gasteiger partial charge on any atom is 0.270 e. The van der Waals surface area contributed by atoms with Crippen LogP contribution in [0.4, 0.5) is 11.4 Å². The lowest BCUT2D eigenvalue weighted by atomic mass is 10.1. The van der Waals surface area contributed by atoms with Crippen LogP contribution in [0.25, 0.3) is 0 Å². The van der Waals surface area contributed by atoms with Crippen LogP contribution < -0.4 is 10.6 Å². The summed E-state index contributed by atoms with van der Waals surface area (Å²) in [6, 6.07) is 12.2. The Hall–Kier alpha value is -3.27. The van der Waals surface area contributed by atoms with Gasteiger partial charge in [-0.15, -0.1) is 0 Å².